The Balaban J connectivity index is 0.00000784. The number of likely N-dealkylation sites (N-methyl/N-ethyl adjacent to an activating group) is 1. The van der Waals surface area contributed by atoms with Gasteiger partial charge in [0.15, 0.2) is 17.5 Å². The molecule has 0 saturated heterocycles. The number of methoxy groups -OCH3 is 3. The summed E-state index contributed by atoms with van der Waals surface area (Å²) < 4.78 is 16.1. The molecule has 1 aromatic carbocycles. The van der Waals surface area contributed by atoms with Crippen LogP contribution in [0.3, 0.4) is 0 Å². The molecule has 8 heteroatoms. The van der Waals surface area contributed by atoms with Crippen LogP contribution in [0.1, 0.15) is 17.5 Å². The van der Waals surface area contributed by atoms with E-state index in [0.29, 0.717) is 6.54 Å². The minimum Gasteiger partial charge on any atom is -0.493 e. The molecule has 0 saturated carbocycles. The molecule has 0 aromatic heterocycles. The molecule has 29 heavy (non-hydrogen) atoms. The lowest BCUT2D eigenvalue weighted by atomic mass is 10.1. The van der Waals surface area contributed by atoms with Gasteiger partial charge in [-0.1, -0.05) is 6.08 Å². The Bertz CT molecular complexity index is 626. The number of halogens is 1. The zero-order valence-electron chi connectivity index (χ0n) is 18.4. The van der Waals surface area contributed by atoms with Crippen LogP contribution in [0.5, 0.6) is 11.5 Å². The van der Waals surface area contributed by atoms with Gasteiger partial charge in [-0.15, -0.1) is 30.6 Å². The maximum Gasteiger partial charge on any atom is 0.191 e. The molecule has 1 rings (SSSR count). The first-order valence-electron chi connectivity index (χ1n) is 9.56. The van der Waals surface area contributed by atoms with Crippen molar-refractivity contribution in [3.63, 3.8) is 0 Å². The summed E-state index contributed by atoms with van der Waals surface area (Å²) in [6.07, 6.45) is 3.61. The monoisotopic (exact) mass is 520 g/mol. The standard InChI is InChI=1S/C21H36N4O3.HI/c1-7-9-18-14-17(15-19(27-5)20(18)28-6)16-24-21(22-2)23-10-12-25(3)11-8-13-26-4;/h7,14-15H,1,8-13,16H2,2-6H3,(H2,22,23,24);1H. The summed E-state index contributed by atoms with van der Waals surface area (Å²) in [6, 6.07) is 4.09. The molecule has 0 radical (unpaired) electrons. The van der Waals surface area contributed by atoms with Crippen molar-refractivity contribution in [1.82, 2.24) is 15.5 Å². The SMILES string of the molecule is C=CCc1cc(CNC(=NC)NCCN(C)CCCOC)cc(OC)c1OC.I. The quantitative estimate of drug-likeness (QED) is 0.137. The summed E-state index contributed by atoms with van der Waals surface area (Å²) in [6.45, 7) is 8.01. The summed E-state index contributed by atoms with van der Waals surface area (Å²) in [4.78, 5) is 6.57. The van der Waals surface area contributed by atoms with Gasteiger partial charge >= 0.3 is 0 Å². The second-order valence-corrected chi connectivity index (χ2v) is 6.49. The highest BCUT2D eigenvalue weighted by Crippen LogP contribution is 2.33. The number of benzene rings is 1. The van der Waals surface area contributed by atoms with Crippen LogP contribution in [0.4, 0.5) is 0 Å². The minimum absolute atomic E-state index is 0. The van der Waals surface area contributed by atoms with E-state index in [-0.39, 0.29) is 24.0 Å². The molecule has 0 spiro atoms. The number of allylic oxidation sites excluding steroid dienone is 1. The van der Waals surface area contributed by atoms with E-state index in [4.69, 9.17) is 14.2 Å². The van der Waals surface area contributed by atoms with Gasteiger partial charge in [-0.25, -0.2) is 0 Å². The average molecular weight is 520 g/mol. The van der Waals surface area contributed by atoms with Crippen molar-refractivity contribution < 1.29 is 14.2 Å². The van der Waals surface area contributed by atoms with Gasteiger partial charge in [0, 0.05) is 52.5 Å². The molecule has 0 aliphatic heterocycles. The zero-order chi connectivity index (χ0) is 20.8. The number of ether oxygens (including phenoxy) is 3. The highest BCUT2D eigenvalue weighted by atomic mass is 127. The first-order valence-corrected chi connectivity index (χ1v) is 9.56. The molecule has 0 fully saturated rings. The molecule has 0 amide bonds. The van der Waals surface area contributed by atoms with Crippen LogP contribution < -0.4 is 20.1 Å². The zero-order valence-corrected chi connectivity index (χ0v) is 20.7. The lowest BCUT2D eigenvalue weighted by Crippen LogP contribution is -2.40. The lowest BCUT2D eigenvalue weighted by Gasteiger charge is -2.18. The fraction of sp³-hybridized carbons (Fsp3) is 0.571. The summed E-state index contributed by atoms with van der Waals surface area (Å²) in [5, 5.41) is 6.69. The lowest BCUT2D eigenvalue weighted by molar-refractivity contribution is 0.180. The van der Waals surface area contributed by atoms with Gasteiger partial charge in [0.25, 0.3) is 0 Å². The Labute approximate surface area is 192 Å². The van der Waals surface area contributed by atoms with Gasteiger partial charge in [-0.05, 0) is 37.6 Å². The van der Waals surface area contributed by atoms with Crippen LogP contribution in [0.2, 0.25) is 0 Å². The Morgan fingerprint density at radius 1 is 1.17 bits per heavy atom. The Hall–Kier alpha value is -1.52. The number of rotatable bonds is 13. The van der Waals surface area contributed by atoms with E-state index >= 15 is 0 Å². The Kier molecular flexibility index (Phi) is 15.4. The van der Waals surface area contributed by atoms with Crippen LogP contribution >= 0.6 is 24.0 Å². The first-order chi connectivity index (χ1) is 13.6. The van der Waals surface area contributed by atoms with Crippen LogP contribution in [0, 0.1) is 0 Å². The third-order valence-electron chi connectivity index (χ3n) is 4.34. The van der Waals surface area contributed by atoms with E-state index in [1.54, 1.807) is 28.4 Å². The van der Waals surface area contributed by atoms with Crippen molar-refractivity contribution in [3.8, 4) is 11.5 Å². The van der Waals surface area contributed by atoms with Crippen molar-refractivity contribution in [2.45, 2.75) is 19.4 Å². The van der Waals surface area contributed by atoms with E-state index in [0.717, 1.165) is 67.7 Å². The molecule has 0 aliphatic rings. The van der Waals surface area contributed by atoms with Gasteiger partial charge in [0.2, 0.25) is 0 Å². The molecular weight excluding hydrogens is 483 g/mol. The molecule has 0 aliphatic carbocycles. The normalized spacial score (nSPS) is 11.0. The molecular formula is C21H37IN4O3. The molecule has 7 nitrogen and oxygen atoms in total. The number of nitrogens with zero attached hydrogens (tertiary/aromatic N) is 2. The number of hydrogen-bond donors (Lipinski definition) is 2. The van der Waals surface area contributed by atoms with Crippen LogP contribution in [0.25, 0.3) is 0 Å². The summed E-state index contributed by atoms with van der Waals surface area (Å²) >= 11 is 0. The third kappa shape index (κ3) is 10.2. The van der Waals surface area contributed by atoms with Crippen LogP contribution in [0.15, 0.2) is 29.8 Å². The van der Waals surface area contributed by atoms with Gasteiger partial charge in [0.1, 0.15) is 0 Å². The van der Waals surface area contributed by atoms with Gasteiger partial charge in [-0.2, -0.15) is 0 Å². The third-order valence-corrected chi connectivity index (χ3v) is 4.34. The molecule has 1 aromatic rings. The molecule has 2 N–H and O–H groups in total. The summed E-state index contributed by atoms with van der Waals surface area (Å²) in [5.74, 6) is 2.25. The van der Waals surface area contributed by atoms with Crippen molar-refractivity contribution >= 4 is 29.9 Å². The molecule has 166 valence electrons. The maximum absolute atomic E-state index is 5.49. The van der Waals surface area contributed by atoms with Crippen molar-refractivity contribution in [2.24, 2.45) is 4.99 Å². The largest absolute Gasteiger partial charge is 0.493 e. The fourth-order valence-electron chi connectivity index (χ4n) is 2.88. The van der Waals surface area contributed by atoms with Crippen molar-refractivity contribution in [1.29, 1.82) is 0 Å². The van der Waals surface area contributed by atoms with Gasteiger partial charge in [0.05, 0.1) is 14.2 Å². The topological polar surface area (TPSA) is 67.4 Å². The highest BCUT2D eigenvalue weighted by molar-refractivity contribution is 14.0. The molecule has 0 heterocycles. The smallest absolute Gasteiger partial charge is 0.191 e. The maximum atomic E-state index is 5.49. The minimum atomic E-state index is 0. The Morgan fingerprint density at radius 3 is 2.52 bits per heavy atom. The predicted octanol–water partition coefficient (Wildman–Crippen LogP) is 2.68. The Morgan fingerprint density at radius 2 is 1.93 bits per heavy atom. The fourth-order valence-corrected chi connectivity index (χ4v) is 2.88. The number of nitrogens with one attached hydrogen (secondary N) is 2. The summed E-state index contributed by atoms with van der Waals surface area (Å²) in [7, 11) is 8.92. The van der Waals surface area contributed by atoms with E-state index in [9.17, 15) is 0 Å². The van der Waals surface area contributed by atoms with Gasteiger partial charge < -0.3 is 29.7 Å². The first kappa shape index (κ1) is 27.5. The highest BCUT2D eigenvalue weighted by Gasteiger charge is 2.12. The van der Waals surface area contributed by atoms with E-state index < -0.39 is 0 Å². The van der Waals surface area contributed by atoms with Crippen LogP contribution in [-0.4, -0.2) is 72.5 Å². The van der Waals surface area contributed by atoms with Crippen LogP contribution in [-0.2, 0) is 17.7 Å². The second kappa shape index (κ2) is 16.3. The van der Waals surface area contributed by atoms with Gasteiger partial charge in [-0.3, -0.25) is 4.99 Å². The van der Waals surface area contributed by atoms with E-state index in [1.807, 2.05) is 12.1 Å². The van der Waals surface area contributed by atoms with Crippen molar-refractivity contribution in [3.05, 3.63) is 35.9 Å². The predicted molar refractivity (Wildman–Crippen MR) is 131 cm³/mol. The van der Waals surface area contributed by atoms with Crippen molar-refractivity contribution in [2.75, 3.05) is 61.7 Å². The number of guanidine groups is 1. The second-order valence-electron chi connectivity index (χ2n) is 6.49. The average Bonchev–Trinajstić information content (AvgIpc) is 2.70. The number of hydrogen-bond acceptors (Lipinski definition) is 5. The number of aliphatic imine (C=N–C) groups is 1. The molecule has 0 unspecified atom stereocenters. The van der Waals surface area contributed by atoms with E-state index in [2.05, 4.69) is 40.2 Å². The molecule has 0 bridgehead atoms. The van der Waals surface area contributed by atoms with E-state index in [1.165, 1.54) is 0 Å². The summed E-state index contributed by atoms with van der Waals surface area (Å²) in [5.41, 5.74) is 2.14. The molecule has 0 atom stereocenters.